The van der Waals surface area contributed by atoms with Crippen molar-refractivity contribution in [1.82, 2.24) is 15.1 Å². The number of hydrogen-bond donors (Lipinski definition) is 1. The fourth-order valence-corrected chi connectivity index (χ4v) is 2.16. The molecule has 1 heterocycles. The third-order valence-corrected chi connectivity index (χ3v) is 3.22. The summed E-state index contributed by atoms with van der Waals surface area (Å²) in [4.78, 5) is 11.8. The van der Waals surface area contributed by atoms with Crippen LogP contribution in [0, 0.1) is 13.8 Å². The highest BCUT2D eigenvalue weighted by Gasteiger charge is 2.15. The van der Waals surface area contributed by atoms with E-state index in [0.717, 1.165) is 22.6 Å². The van der Waals surface area contributed by atoms with Gasteiger partial charge in [-0.25, -0.2) is 4.68 Å². The van der Waals surface area contributed by atoms with Crippen LogP contribution in [0.1, 0.15) is 17.0 Å². The van der Waals surface area contributed by atoms with Gasteiger partial charge in [0.2, 0.25) is 5.91 Å². The van der Waals surface area contributed by atoms with E-state index in [0.29, 0.717) is 13.0 Å². The second-order valence-corrected chi connectivity index (χ2v) is 4.67. The number of nitrogens with zero attached hydrogens (tertiary/aromatic N) is 2. The maximum absolute atomic E-state index is 11.8. The van der Waals surface area contributed by atoms with Crippen LogP contribution in [0.25, 0.3) is 5.69 Å². The van der Waals surface area contributed by atoms with Crippen molar-refractivity contribution in [3.63, 3.8) is 0 Å². The van der Waals surface area contributed by atoms with E-state index < -0.39 is 0 Å². The van der Waals surface area contributed by atoms with Crippen molar-refractivity contribution in [2.75, 3.05) is 6.54 Å². The van der Waals surface area contributed by atoms with E-state index in [2.05, 4.69) is 17.0 Å². The number of hydrogen-bond acceptors (Lipinski definition) is 2. The molecule has 0 spiro atoms. The minimum absolute atomic E-state index is 0.0105. The molecule has 1 N–H and O–H groups in total. The Balaban J connectivity index is 2.26. The summed E-state index contributed by atoms with van der Waals surface area (Å²) in [7, 11) is 0. The lowest BCUT2D eigenvalue weighted by Gasteiger charge is -2.05. The van der Waals surface area contributed by atoms with E-state index in [1.165, 1.54) is 0 Å². The van der Waals surface area contributed by atoms with Crippen LogP contribution >= 0.6 is 0 Å². The maximum Gasteiger partial charge on any atom is 0.224 e. The van der Waals surface area contributed by atoms with Gasteiger partial charge in [0.25, 0.3) is 0 Å². The molecule has 0 bridgehead atoms. The van der Waals surface area contributed by atoms with Gasteiger partial charge >= 0.3 is 0 Å². The van der Waals surface area contributed by atoms with Crippen molar-refractivity contribution in [3.8, 4) is 5.69 Å². The van der Waals surface area contributed by atoms with Crippen molar-refractivity contribution in [2.45, 2.75) is 20.3 Å². The second kappa shape index (κ2) is 6.19. The highest BCUT2D eigenvalue weighted by molar-refractivity contribution is 5.79. The van der Waals surface area contributed by atoms with E-state index in [4.69, 9.17) is 0 Å². The molecule has 4 heteroatoms. The highest BCUT2D eigenvalue weighted by atomic mass is 16.1. The average Bonchev–Trinajstić information content (AvgIpc) is 2.74. The van der Waals surface area contributed by atoms with Crippen LogP contribution < -0.4 is 5.32 Å². The standard InChI is InChI=1S/C16H19N3O/c1-4-10-17-16(20)11-15-12(2)18-19(13(15)3)14-8-6-5-7-9-14/h4-9H,1,10-11H2,2-3H3,(H,17,20). The molecule has 2 rings (SSSR count). The Bertz CT molecular complexity index is 614. The Morgan fingerprint density at radius 1 is 1.35 bits per heavy atom. The number of para-hydroxylation sites is 1. The van der Waals surface area contributed by atoms with E-state index in [9.17, 15) is 4.79 Å². The quantitative estimate of drug-likeness (QED) is 0.847. The lowest BCUT2D eigenvalue weighted by molar-refractivity contribution is -0.120. The fraction of sp³-hybridized carbons (Fsp3) is 0.250. The molecule has 0 unspecified atom stereocenters. The molecule has 2 aromatic rings. The third kappa shape index (κ3) is 2.96. The molecule has 20 heavy (non-hydrogen) atoms. The molecular formula is C16H19N3O. The first-order valence-electron chi connectivity index (χ1n) is 6.61. The van der Waals surface area contributed by atoms with Crippen molar-refractivity contribution in [3.05, 3.63) is 59.9 Å². The number of rotatable bonds is 5. The lowest BCUT2D eigenvalue weighted by atomic mass is 10.1. The van der Waals surface area contributed by atoms with Crippen molar-refractivity contribution < 1.29 is 4.79 Å². The molecule has 0 fully saturated rings. The van der Waals surface area contributed by atoms with Gasteiger partial charge in [0.05, 0.1) is 17.8 Å². The van der Waals surface area contributed by atoms with E-state index in [1.807, 2.05) is 48.9 Å². The zero-order chi connectivity index (χ0) is 14.5. The molecule has 104 valence electrons. The molecule has 0 radical (unpaired) electrons. The number of aromatic nitrogens is 2. The van der Waals surface area contributed by atoms with Crippen LogP contribution in [0.2, 0.25) is 0 Å². The minimum atomic E-state index is -0.0105. The topological polar surface area (TPSA) is 46.9 Å². The Morgan fingerprint density at radius 3 is 2.70 bits per heavy atom. The first kappa shape index (κ1) is 14.1. The van der Waals surface area contributed by atoms with Crippen LogP contribution in [-0.4, -0.2) is 22.2 Å². The normalized spacial score (nSPS) is 10.3. The highest BCUT2D eigenvalue weighted by Crippen LogP contribution is 2.18. The van der Waals surface area contributed by atoms with Gasteiger partial charge in [-0.05, 0) is 26.0 Å². The average molecular weight is 269 g/mol. The van der Waals surface area contributed by atoms with E-state index in [1.54, 1.807) is 6.08 Å². The molecule has 4 nitrogen and oxygen atoms in total. The summed E-state index contributed by atoms with van der Waals surface area (Å²) < 4.78 is 1.88. The summed E-state index contributed by atoms with van der Waals surface area (Å²) in [6, 6.07) is 9.92. The molecule has 1 amide bonds. The zero-order valence-corrected chi connectivity index (χ0v) is 11.9. The number of carbonyl (C=O) groups excluding carboxylic acids is 1. The molecule has 0 aliphatic carbocycles. The van der Waals surface area contributed by atoms with Crippen LogP contribution in [0.5, 0.6) is 0 Å². The van der Waals surface area contributed by atoms with Gasteiger partial charge in [-0.3, -0.25) is 4.79 Å². The van der Waals surface area contributed by atoms with Gasteiger partial charge in [-0.2, -0.15) is 5.10 Å². The van der Waals surface area contributed by atoms with Gasteiger partial charge in [0.1, 0.15) is 0 Å². The first-order chi connectivity index (χ1) is 9.63. The summed E-state index contributed by atoms with van der Waals surface area (Å²) in [6.45, 7) is 8.00. The van der Waals surface area contributed by atoms with Gasteiger partial charge in [0, 0.05) is 17.8 Å². The van der Waals surface area contributed by atoms with E-state index in [-0.39, 0.29) is 5.91 Å². The smallest absolute Gasteiger partial charge is 0.224 e. The number of carbonyl (C=O) groups is 1. The Morgan fingerprint density at radius 2 is 2.05 bits per heavy atom. The lowest BCUT2D eigenvalue weighted by Crippen LogP contribution is -2.25. The van der Waals surface area contributed by atoms with Crippen LogP contribution in [0.15, 0.2) is 43.0 Å². The monoisotopic (exact) mass is 269 g/mol. The minimum Gasteiger partial charge on any atom is -0.352 e. The summed E-state index contributed by atoms with van der Waals surface area (Å²) >= 11 is 0. The van der Waals surface area contributed by atoms with Crippen LogP contribution in [0.4, 0.5) is 0 Å². The first-order valence-corrected chi connectivity index (χ1v) is 6.61. The van der Waals surface area contributed by atoms with Crippen molar-refractivity contribution in [1.29, 1.82) is 0 Å². The molecule has 0 aliphatic rings. The predicted molar refractivity (Wildman–Crippen MR) is 79.9 cm³/mol. The molecule has 0 saturated heterocycles. The third-order valence-electron chi connectivity index (χ3n) is 3.22. The SMILES string of the molecule is C=CCNC(=O)Cc1c(C)nn(-c2ccccc2)c1C. The maximum atomic E-state index is 11.8. The fourth-order valence-electron chi connectivity index (χ4n) is 2.16. The Hall–Kier alpha value is -2.36. The molecule has 0 saturated carbocycles. The summed E-state index contributed by atoms with van der Waals surface area (Å²) in [5.41, 5.74) is 3.88. The van der Waals surface area contributed by atoms with Crippen molar-refractivity contribution in [2.24, 2.45) is 0 Å². The van der Waals surface area contributed by atoms with Gasteiger partial charge in [0.15, 0.2) is 0 Å². The van der Waals surface area contributed by atoms with Gasteiger partial charge < -0.3 is 5.32 Å². The molecular weight excluding hydrogens is 250 g/mol. The van der Waals surface area contributed by atoms with Crippen molar-refractivity contribution >= 4 is 5.91 Å². The number of benzene rings is 1. The molecule has 1 aromatic carbocycles. The molecule has 1 aromatic heterocycles. The zero-order valence-electron chi connectivity index (χ0n) is 11.9. The molecule has 0 atom stereocenters. The Labute approximate surface area is 119 Å². The molecule has 0 aliphatic heterocycles. The second-order valence-electron chi connectivity index (χ2n) is 4.67. The Kier molecular flexibility index (Phi) is 4.35. The van der Waals surface area contributed by atoms with E-state index >= 15 is 0 Å². The number of nitrogens with one attached hydrogen (secondary N) is 1. The predicted octanol–water partition coefficient (Wildman–Crippen LogP) is 2.33. The number of aryl methyl sites for hydroxylation is 1. The van der Waals surface area contributed by atoms with Crippen LogP contribution in [-0.2, 0) is 11.2 Å². The van der Waals surface area contributed by atoms with Gasteiger partial charge in [-0.1, -0.05) is 24.3 Å². The summed E-state index contributed by atoms with van der Waals surface area (Å²) in [5.74, 6) is -0.0105. The van der Waals surface area contributed by atoms with Gasteiger partial charge in [-0.15, -0.1) is 6.58 Å². The number of amides is 1. The summed E-state index contributed by atoms with van der Waals surface area (Å²) in [6.07, 6.45) is 2.02. The summed E-state index contributed by atoms with van der Waals surface area (Å²) in [5, 5.41) is 7.32. The largest absolute Gasteiger partial charge is 0.352 e. The van der Waals surface area contributed by atoms with Crippen LogP contribution in [0.3, 0.4) is 0 Å².